The molecule has 5 nitrogen and oxygen atoms in total. The van der Waals surface area contributed by atoms with E-state index in [0.717, 1.165) is 18.7 Å². The highest BCUT2D eigenvalue weighted by atomic mass is 16.5. The summed E-state index contributed by atoms with van der Waals surface area (Å²) in [6.07, 6.45) is 2.21. The molecule has 0 fully saturated rings. The first kappa shape index (κ1) is 14.4. The molecule has 1 aromatic heterocycles. The van der Waals surface area contributed by atoms with Gasteiger partial charge in [-0.05, 0) is 6.07 Å². The molecule has 1 rings (SSSR count). The Balaban J connectivity index is 2.65. The highest BCUT2D eigenvalue weighted by Gasteiger charge is 2.10. The van der Waals surface area contributed by atoms with Crippen LogP contribution in [0.1, 0.15) is 12.0 Å². The molecule has 98 valence electrons. The van der Waals surface area contributed by atoms with E-state index >= 15 is 0 Å². The summed E-state index contributed by atoms with van der Waals surface area (Å²) >= 11 is 0. The molecule has 0 spiro atoms. The Morgan fingerprint density at radius 3 is 2.89 bits per heavy atom. The highest BCUT2D eigenvalue weighted by Crippen LogP contribution is 2.16. The van der Waals surface area contributed by atoms with Gasteiger partial charge in [-0.1, -0.05) is 6.07 Å². The summed E-state index contributed by atoms with van der Waals surface area (Å²) in [6, 6.07) is 6.03. The Bertz CT molecular complexity index is 390. The minimum absolute atomic E-state index is 0.506. The molecule has 0 radical (unpaired) electrons. The molecule has 0 N–H and O–H groups in total. The monoisotopic (exact) mass is 249 g/mol. The lowest BCUT2D eigenvalue weighted by Gasteiger charge is -2.21. The molecule has 0 saturated carbocycles. The molecule has 0 aromatic carbocycles. The second-order valence-electron chi connectivity index (χ2n) is 3.85. The number of aromatic nitrogens is 1. The quantitative estimate of drug-likeness (QED) is 0.698. The van der Waals surface area contributed by atoms with Gasteiger partial charge in [-0.25, -0.2) is 4.98 Å². The minimum Gasteiger partial charge on any atom is -0.481 e. The number of hydrogen-bond donors (Lipinski definition) is 0. The molecule has 0 aliphatic rings. The predicted molar refractivity (Wildman–Crippen MR) is 68.2 cm³/mol. The summed E-state index contributed by atoms with van der Waals surface area (Å²) in [5.74, 6) is 0.636. The molecule has 1 aromatic rings. The van der Waals surface area contributed by atoms with Gasteiger partial charge in [0.2, 0.25) is 5.88 Å². The van der Waals surface area contributed by atoms with Crippen molar-refractivity contribution >= 4 is 0 Å². The van der Waals surface area contributed by atoms with E-state index in [2.05, 4.69) is 16.0 Å². The van der Waals surface area contributed by atoms with Crippen molar-refractivity contribution in [1.82, 2.24) is 9.88 Å². The van der Waals surface area contributed by atoms with Crippen LogP contribution in [0.3, 0.4) is 0 Å². The molecular weight excluding hydrogens is 230 g/mol. The average molecular weight is 249 g/mol. The number of rotatable bonds is 8. The predicted octanol–water partition coefficient (Wildman–Crippen LogP) is 1.45. The van der Waals surface area contributed by atoms with Crippen LogP contribution < -0.4 is 4.74 Å². The summed E-state index contributed by atoms with van der Waals surface area (Å²) in [5, 5.41) is 8.66. The summed E-state index contributed by atoms with van der Waals surface area (Å²) < 4.78 is 10.3. The van der Waals surface area contributed by atoms with Crippen LogP contribution in [-0.4, -0.2) is 43.8 Å². The Kier molecular flexibility index (Phi) is 6.77. The van der Waals surface area contributed by atoms with Crippen LogP contribution >= 0.6 is 0 Å². The molecule has 5 heteroatoms. The van der Waals surface area contributed by atoms with E-state index in [4.69, 9.17) is 14.7 Å². The maximum atomic E-state index is 8.66. The number of nitriles is 1. The van der Waals surface area contributed by atoms with Gasteiger partial charge in [0.05, 0.1) is 19.8 Å². The molecule has 18 heavy (non-hydrogen) atoms. The fraction of sp³-hybridized carbons (Fsp3) is 0.538. The van der Waals surface area contributed by atoms with Crippen LogP contribution in [0.25, 0.3) is 0 Å². The van der Waals surface area contributed by atoms with Gasteiger partial charge in [0.25, 0.3) is 0 Å². The Hall–Kier alpha value is -1.64. The third-order valence-electron chi connectivity index (χ3n) is 2.59. The molecule has 0 saturated heterocycles. The molecule has 0 atom stereocenters. The largest absolute Gasteiger partial charge is 0.481 e. The SMILES string of the molecule is COCCN(CCC#N)Cc1cccnc1OC. The fourth-order valence-electron chi connectivity index (χ4n) is 1.67. The van der Waals surface area contributed by atoms with Gasteiger partial charge < -0.3 is 9.47 Å². The topological polar surface area (TPSA) is 58.4 Å². The Labute approximate surface area is 108 Å². The molecule has 0 amide bonds. The van der Waals surface area contributed by atoms with E-state index in [-0.39, 0.29) is 0 Å². The zero-order valence-electron chi connectivity index (χ0n) is 10.9. The second-order valence-corrected chi connectivity index (χ2v) is 3.85. The van der Waals surface area contributed by atoms with Crippen LogP contribution in [-0.2, 0) is 11.3 Å². The zero-order chi connectivity index (χ0) is 13.2. The third-order valence-corrected chi connectivity index (χ3v) is 2.59. The van der Waals surface area contributed by atoms with Crippen molar-refractivity contribution in [2.45, 2.75) is 13.0 Å². The first-order valence-corrected chi connectivity index (χ1v) is 5.88. The van der Waals surface area contributed by atoms with Crippen LogP contribution in [0.15, 0.2) is 18.3 Å². The van der Waals surface area contributed by atoms with Gasteiger partial charge in [-0.3, -0.25) is 4.90 Å². The third kappa shape index (κ3) is 4.70. The number of hydrogen-bond acceptors (Lipinski definition) is 5. The van der Waals surface area contributed by atoms with Gasteiger partial charge in [0.15, 0.2) is 0 Å². The molecule has 0 aliphatic heterocycles. The molecule has 1 heterocycles. The number of ether oxygens (including phenoxy) is 2. The standard InChI is InChI=1S/C13H19N3O2/c1-17-10-9-16(8-4-6-14)11-12-5-3-7-15-13(12)18-2/h3,5,7H,4,8-11H2,1-2H3. The Morgan fingerprint density at radius 1 is 1.39 bits per heavy atom. The van der Waals surface area contributed by atoms with E-state index < -0.39 is 0 Å². The summed E-state index contributed by atoms with van der Waals surface area (Å²) in [6.45, 7) is 2.87. The molecular formula is C13H19N3O2. The summed E-state index contributed by atoms with van der Waals surface area (Å²) in [7, 11) is 3.29. The first-order valence-electron chi connectivity index (χ1n) is 5.88. The fourth-order valence-corrected chi connectivity index (χ4v) is 1.67. The summed E-state index contributed by atoms with van der Waals surface area (Å²) in [5.41, 5.74) is 1.02. The zero-order valence-corrected chi connectivity index (χ0v) is 10.9. The van der Waals surface area contributed by atoms with Crippen molar-refractivity contribution in [3.8, 4) is 11.9 Å². The van der Waals surface area contributed by atoms with Gasteiger partial charge >= 0.3 is 0 Å². The van der Waals surface area contributed by atoms with Crippen LogP contribution in [0.5, 0.6) is 5.88 Å². The van der Waals surface area contributed by atoms with Gasteiger partial charge in [-0.2, -0.15) is 5.26 Å². The maximum absolute atomic E-state index is 8.66. The van der Waals surface area contributed by atoms with E-state index in [1.165, 1.54) is 0 Å². The van der Waals surface area contributed by atoms with E-state index in [9.17, 15) is 0 Å². The van der Waals surface area contributed by atoms with Gasteiger partial charge in [-0.15, -0.1) is 0 Å². The lowest BCUT2D eigenvalue weighted by atomic mass is 10.2. The Morgan fingerprint density at radius 2 is 2.22 bits per heavy atom. The van der Waals surface area contributed by atoms with Crippen LogP contribution in [0.4, 0.5) is 0 Å². The molecule has 0 unspecified atom stereocenters. The van der Waals surface area contributed by atoms with Crippen molar-refractivity contribution in [2.75, 3.05) is 33.9 Å². The van der Waals surface area contributed by atoms with Crippen LogP contribution in [0, 0.1) is 11.3 Å². The van der Waals surface area contributed by atoms with Crippen molar-refractivity contribution in [3.63, 3.8) is 0 Å². The maximum Gasteiger partial charge on any atom is 0.217 e. The first-order chi connectivity index (χ1) is 8.81. The van der Waals surface area contributed by atoms with E-state index in [0.29, 0.717) is 25.5 Å². The van der Waals surface area contributed by atoms with Gasteiger partial charge in [0.1, 0.15) is 0 Å². The van der Waals surface area contributed by atoms with E-state index in [1.54, 1.807) is 20.4 Å². The number of nitrogens with zero attached hydrogens (tertiary/aromatic N) is 3. The lowest BCUT2D eigenvalue weighted by molar-refractivity contribution is 0.144. The van der Waals surface area contributed by atoms with Crippen LogP contribution in [0.2, 0.25) is 0 Å². The average Bonchev–Trinajstić information content (AvgIpc) is 2.42. The minimum atomic E-state index is 0.506. The smallest absolute Gasteiger partial charge is 0.217 e. The normalized spacial score (nSPS) is 10.3. The van der Waals surface area contributed by atoms with Crippen molar-refractivity contribution in [3.05, 3.63) is 23.9 Å². The van der Waals surface area contributed by atoms with E-state index in [1.807, 2.05) is 12.1 Å². The van der Waals surface area contributed by atoms with Crippen molar-refractivity contribution in [1.29, 1.82) is 5.26 Å². The summed E-state index contributed by atoms with van der Waals surface area (Å²) in [4.78, 5) is 6.32. The lowest BCUT2D eigenvalue weighted by Crippen LogP contribution is -2.28. The number of methoxy groups -OCH3 is 2. The molecule has 0 bridgehead atoms. The van der Waals surface area contributed by atoms with Crippen molar-refractivity contribution < 1.29 is 9.47 Å². The second kappa shape index (κ2) is 8.45. The highest BCUT2D eigenvalue weighted by molar-refractivity contribution is 5.25. The molecule has 0 aliphatic carbocycles. The van der Waals surface area contributed by atoms with Crippen molar-refractivity contribution in [2.24, 2.45) is 0 Å². The van der Waals surface area contributed by atoms with Gasteiger partial charge in [0, 0.05) is 44.9 Å². The number of pyridine rings is 1.